The predicted octanol–water partition coefficient (Wildman–Crippen LogP) is 2.36. The molecule has 1 N–H and O–H groups in total. The molecule has 1 aromatic carbocycles. The molecule has 0 radical (unpaired) electrons. The van der Waals surface area contributed by atoms with Gasteiger partial charge in [-0.25, -0.2) is 14.0 Å². The Hall–Kier alpha value is -2.15. The second kappa shape index (κ2) is 7.44. The van der Waals surface area contributed by atoms with E-state index in [0.717, 1.165) is 0 Å². The molecule has 7 heteroatoms. The van der Waals surface area contributed by atoms with Gasteiger partial charge in [-0.05, 0) is 31.5 Å². The van der Waals surface area contributed by atoms with Crippen molar-refractivity contribution < 1.29 is 28.7 Å². The quantitative estimate of drug-likeness (QED) is 0.641. The van der Waals surface area contributed by atoms with E-state index in [-0.39, 0.29) is 6.61 Å². The maximum atomic E-state index is 13.1. The van der Waals surface area contributed by atoms with Gasteiger partial charge < -0.3 is 9.84 Å². The zero-order valence-electron chi connectivity index (χ0n) is 11.2. The van der Waals surface area contributed by atoms with Crippen molar-refractivity contribution >= 4 is 12.1 Å². The summed E-state index contributed by atoms with van der Waals surface area (Å²) >= 11 is 0. The fraction of sp³-hybridized carbons (Fsp3) is 0.385. The number of carbonyl (C=O) groups excluding carboxylic acids is 1. The van der Waals surface area contributed by atoms with Gasteiger partial charge >= 0.3 is 12.1 Å². The largest absolute Gasteiger partial charge is 0.464 e. The van der Waals surface area contributed by atoms with Gasteiger partial charge in [0.15, 0.2) is 6.61 Å². The highest BCUT2D eigenvalue weighted by molar-refractivity contribution is 5.71. The number of hydrogen-bond donors (Lipinski definition) is 1. The number of nitrogens with zero attached hydrogens (tertiary/aromatic N) is 1. The van der Waals surface area contributed by atoms with Crippen LogP contribution in [0.3, 0.4) is 0 Å². The summed E-state index contributed by atoms with van der Waals surface area (Å²) in [5, 5.41) is 9.66. The molecule has 0 heterocycles. The van der Waals surface area contributed by atoms with Crippen LogP contribution in [-0.4, -0.2) is 35.4 Å². The summed E-state index contributed by atoms with van der Waals surface area (Å²) in [6, 6.07) is 4.72. The van der Waals surface area contributed by atoms with Crippen molar-refractivity contribution in [2.45, 2.75) is 19.9 Å². The molecule has 1 aromatic rings. The van der Waals surface area contributed by atoms with Gasteiger partial charge in [0.25, 0.3) is 0 Å². The average molecular weight is 285 g/mol. The Kier molecular flexibility index (Phi) is 5.92. The van der Waals surface area contributed by atoms with E-state index in [1.165, 1.54) is 25.1 Å². The molecule has 0 fully saturated rings. The van der Waals surface area contributed by atoms with Crippen LogP contribution < -0.4 is 0 Å². The highest BCUT2D eigenvalue weighted by Crippen LogP contribution is 2.21. The maximum Gasteiger partial charge on any atom is 0.432 e. The van der Waals surface area contributed by atoms with Gasteiger partial charge in [0.1, 0.15) is 5.82 Å². The van der Waals surface area contributed by atoms with E-state index in [4.69, 9.17) is 9.94 Å². The van der Waals surface area contributed by atoms with Gasteiger partial charge in [0.05, 0.1) is 12.6 Å². The second-order valence-corrected chi connectivity index (χ2v) is 3.92. The molecule has 0 saturated heterocycles. The van der Waals surface area contributed by atoms with Gasteiger partial charge in [-0.2, -0.15) is 5.06 Å². The third-order valence-corrected chi connectivity index (χ3v) is 2.50. The summed E-state index contributed by atoms with van der Waals surface area (Å²) in [5.41, 5.74) is 0.413. The van der Waals surface area contributed by atoms with E-state index < -0.39 is 30.5 Å². The van der Waals surface area contributed by atoms with Crippen LogP contribution in [-0.2, 0) is 14.4 Å². The summed E-state index contributed by atoms with van der Waals surface area (Å²) < 4.78 is 17.8. The first-order valence-electron chi connectivity index (χ1n) is 6.01. The molecule has 1 amide bonds. The van der Waals surface area contributed by atoms with E-state index in [2.05, 4.69) is 4.74 Å². The molecule has 20 heavy (non-hydrogen) atoms. The van der Waals surface area contributed by atoms with Gasteiger partial charge in [-0.15, -0.1) is 0 Å². The van der Waals surface area contributed by atoms with E-state index in [1.54, 1.807) is 13.0 Å². The SMILES string of the molecule is CCOC(=O)CON(C(=O)O)C(C)c1cccc(F)c1. The highest BCUT2D eigenvalue weighted by Gasteiger charge is 2.23. The summed E-state index contributed by atoms with van der Waals surface area (Å²) in [6.45, 7) is 2.80. The molecule has 0 aliphatic rings. The van der Waals surface area contributed by atoms with E-state index in [0.29, 0.717) is 10.6 Å². The maximum absolute atomic E-state index is 13.1. The minimum atomic E-state index is -1.38. The Balaban J connectivity index is 2.75. The van der Waals surface area contributed by atoms with Crippen LogP contribution in [0, 0.1) is 5.82 Å². The van der Waals surface area contributed by atoms with Crippen molar-refractivity contribution in [3.63, 3.8) is 0 Å². The third kappa shape index (κ3) is 4.51. The Labute approximate surface area is 115 Å². The molecule has 1 unspecified atom stereocenters. The minimum Gasteiger partial charge on any atom is -0.464 e. The minimum absolute atomic E-state index is 0.175. The van der Waals surface area contributed by atoms with Crippen LogP contribution in [0.2, 0.25) is 0 Å². The molecule has 1 rings (SSSR count). The number of hydrogen-bond acceptors (Lipinski definition) is 4. The van der Waals surface area contributed by atoms with Crippen LogP contribution in [0.15, 0.2) is 24.3 Å². The second-order valence-electron chi connectivity index (χ2n) is 3.92. The Morgan fingerprint density at radius 2 is 2.15 bits per heavy atom. The standard InChI is InChI=1S/C13H16FNO5/c1-3-19-12(16)8-20-15(13(17)18)9(2)10-5-4-6-11(14)7-10/h4-7,9H,3,8H2,1-2H3,(H,17,18). The highest BCUT2D eigenvalue weighted by atomic mass is 19.1. The van der Waals surface area contributed by atoms with Crippen LogP contribution in [0.1, 0.15) is 25.5 Å². The van der Waals surface area contributed by atoms with Gasteiger partial charge in [0.2, 0.25) is 0 Å². The Morgan fingerprint density at radius 1 is 1.45 bits per heavy atom. The number of ether oxygens (including phenoxy) is 1. The number of amides is 1. The first-order chi connectivity index (χ1) is 9.45. The monoisotopic (exact) mass is 285 g/mol. The molecule has 0 aromatic heterocycles. The summed E-state index contributed by atoms with van der Waals surface area (Å²) in [7, 11) is 0. The summed E-state index contributed by atoms with van der Waals surface area (Å²) in [4.78, 5) is 27.2. The van der Waals surface area contributed by atoms with E-state index in [1.807, 2.05) is 0 Å². The third-order valence-electron chi connectivity index (χ3n) is 2.50. The van der Waals surface area contributed by atoms with Crippen LogP contribution in [0.4, 0.5) is 9.18 Å². The zero-order chi connectivity index (χ0) is 15.1. The number of esters is 1. The predicted molar refractivity (Wildman–Crippen MR) is 67.3 cm³/mol. The Morgan fingerprint density at radius 3 is 2.70 bits per heavy atom. The number of hydroxylamine groups is 2. The van der Waals surface area contributed by atoms with Gasteiger partial charge in [-0.1, -0.05) is 12.1 Å². The molecule has 0 spiro atoms. The first-order valence-corrected chi connectivity index (χ1v) is 6.01. The summed E-state index contributed by atoms with van der Waals surface area (Å²) in [6.07, 6.45) is -1.38. The number of carbonyl (C=O) groups is 2. The van der Waals surface area contributed by atoms with Crippen molar-refractivity contribution in [1.29, 1.82) is 0 Å². The normalized spacial score (nSPS) is 11.8. The molecular formula is C13H16FNO5. The topological polar surface area (TPSA) is 76.1 Å². The van der Waals surface area contributed by atoms with Crippen molar-refractivity contribution in [3.05, 3.63) is 35.6 Å². The van der Waals surface area contributed by atoms with Crippen molar-refractivity contribution in [2.24, 2.45) is 0 Å². The lowest BCUT2D eigenvalue weighted by molar-refractivity contribution is -0.181. The molecule has 110 valence electrons. The van der Waals surface area contributed by atoms with E-state index >= 15 is 0 Å². The van der Waals surface area contributed by atoms with Crippen molar-refractivity contribution in [2.75, 3.05) is 13.2 Å². The average Bonchev–Trinajstić information content (AvgIpc) is 2.38. The number of halogens is 1. The number of carboxylic acid groups (broad SMARTS) is 1. The fourth-order valence-corrected chi connectivity index (χ4v) is 1.56. The zero-order valence-corrected chi connectivity index (χ0v) is 11.2. The van der Waals surface area contributed by atoms with Crippen LogP contribution in [0.25, 0.3) is 0 Å². The lowest BCUT2D eigenvalue weighted by Gasteiger charge is -2.25. The molecule has 0 saturated carbocycles. The summed E-state index contributed by atoms with van der Waals surface area (Å²) in [5.74, 6) is -1.16. The number of rotatable bonds is 6. The fourth-order valence-electron chi connectivity index (χ4n) is 1.56. The molecule has 6 nitrogen and oxygen atoms in total. The lowest BCUT2D eigenvalue weighted by Crippen LogP contribution is -2.34. The number of benzene rings is 1. The van der Waals surface area contributed by atoms with Gasteiger partial charge in [-0.3, -0.25) is 4.84 Å². The van der Waals surface area contributed by atoms with Crippen LogP contribution in [0.5, 0.6) is 0 Å². The first kappa shape index (κ1) is 15.9. The molecule has 0 aliphatic heterocycles. The smallest absolute Gasteiger partial charge is 0.432 e. The molecule has 1 atom stereocenters. The van der Waals surface area contributed by atoms with Crippen LogP contribution >= 0.6 is 0 Å². The molecular weight excluding hydrogens is 269 g/mol. The Bertz CT molecular complexity index is 480. The van der Waals surface area contributed by atoms with Crippen molar-refractivity contribution in [1.82, 2.24) is 5.06 Å². The molecule has 0 aliphatic carbocycles. The van der Waals surface area contributed by atoms with Gasteiger partial charge in [0, 0.05) is 0 Å². The van der Waals surface area contributed by atoms with E-state index in [9.17, 15) is 14.0 Å². The molecule has 0 bridgehead atoms. The van der Waals surface area contributed by atoms with Crippen molar-refractivity contribution in [3.8, 4) is 0 Å². The lowest BCUT2D eigenvalue weighted by atomic mass is 10.1.